The molecule has 1 aliphatic heterocycles. The lowest BCUT2D eigenvalue weighted by Gasteiger charge is -2.41. The second-order valence-corrected chi connectivity index (χ2v) is 10.6. The summed E-state index contributed by atoms with van der Waals surface area (Å²) < 4.78 is 1.95. The number of anilines is 1. The van der Waals surface area contributed by atoms with E-state index in [0.29, 0.717) is 65.3 Å². The van der Waals surface area contributed by atoms with E-state index in [1.165, 1.54) is 6.33 Å². The third-order valence-corrected chi connectivity index (χ3v) is 7.85. The summed E-state index contributed by atoms with van der Waals surface area (Å²) in [6, 6.07) is 14.2. The molecule has 1 saturated heterocycles. The highest BCUT2D eigenvalue weighted by atomic mass is 35.5. The van der Waals surface area contributed by atoms with Gasteiger partial charge in [0, 0.05) is 29.4 Å². The van der Waals surface area contributed by atoms with Crippen molar-refractivity contribution in [3.05, 3.63) is 64.9 Å². The quantitative estimate of drug-likeness (QED) is 0.289. The van der Waals surface area contributed by atoms with Crippen molar-refractivity contribution in [1.29, 1.82) is 0 Å². The van der Waals surface area contributed by atoms with Crippen LogP contribution in [-0.2, 0) is 9.59 Å². The second-order valence-electron chi connectivity index (χ2n) is 9.79. The third-order valence-electron chi connectivity index (χ3n) is 7.27. The number of halogens is 2. The molecule has 1 fully saturated rings. The Labute approximate surface area is 241 Å². The number of likely N-dealkylation sites (N-methyl/N-ethyl adjacent to an activating group) is 1. The Kier molecular flexibility index (Phi) is 7.93. The third kappa shape index (κ3) is 5.22. The van der Waals surface area contributed by atoms with E-state index < -0.39 is 17.5 Å². The van der Waals surface area contributed by atoms with Crippen molar-refractivity contribution < 1.29 is 9.59 Å². The summed E-state index contributed by atoms with van der Waals surface area (Å²) in [5.41, 5.74) is 7.38. The molecule has 0 aliphatic carbocycles. The molecule has 0 saturated carbocycles. The summed E-state index contributed by atoms with van der Waals surface area (Å²) in [4.78, 5) is 41.2. The van der Waals surface area contributed by atoms with Gasteiger partial charge in [-0.05, 0) is 62.7 Å². The average molecular weight is 582 g/mol. The summed E-state index contributed by atoms with van der Waals surface area (Å²) in [5, 5.41) is 7.29. The Balaban J connectivity index is 1.54. The summed E-state index contributed by atoms with van der Waals surface area (Å²) in [6.07, 6.45) is 2.52. The van der Waals surface area contributed by atoms with Crippen molar-refractivity contribution >= 4 is 52.0 Å². The van der Waals surface area contributed by atoms with Gasteiger partial charge in [-0.3, -0.25) is 14.2 Å². The number of imidazole rings is 1. The van der Waals surface area contributed by atoms with Crippen LogP contribution in [0.15, 0.2) is 54.9 Å². The number of amides is 2. The van der Waals surface area contributed by atoms with Crippen LogP contribution in [0.4, 0.5) is 5.82 Å². The maximum atomic E-state index is 13.2. The van der Waals surface area contributed by atoms with Gasteiger partial charge < -0.3 is 21.3 Å². The number of carbonyl (C=O) groups is 2. The Morgan fingerprint density at radius 3 is 2.42 bits per heavy atom. The van der Waals surface area contributed by atoms with Gasteiger partial charge in [0.15, 0.2) is 17.0 Å². The normalized spacial score (nSPS) is 15.7. The van der Waals surface area contributed by atoms with Crippen LogP contribution in [0.3, 0.4) is 0 Å². The number of carbonyl (C=O) groups excluding carboxylic acids is 2. The Morgan fingerprint density at radius 2 is 1.77 bits per heavy atom. The molecule has 0 spiro atoms. The fourth-order valence-electron chi connectivity index (χ4n) is 5.10. The predicted molar refractivity (Wildman–Crippen MR) is 157 cm³/mol. The molecule has 5 rings (SSSR count). The lowest BCUT2D eigenvalue weighted by Crippen LogP contribution is -2.63. The number of aromatic nitrogens is 4. The number of nitrogens with two attached hydrogens (primary N) is 1. The van der Waals surface area contributed by atoms with Crippen LogP contribution in [0.5, 0.6) is 0 Å². The molecule has 2 amide bonds. The van der Waals surface area contributed by atoms with Gasteiger partial charge in [-0.2, -0.15) is 0 Å². The highest BCUT2D eigenvalue weighted by molar-refractivity contribution is 6.33. The van der Waals surface area contributed by atoms with Gasteiger partial charge >= 0.3 is 0 Å². The lowest BCUT2D eigenvalue weighted by molar-refractivity contribution is -0.132. The van der Waals surface area contributed by atoms with E-state index in [4.69, 9.17) is 33.9 Å². The van der Waals surface area contributed by atoms with E-state index in [-0.39, 0.29) is 5.91 Å². The highest BCUT2D eigenvalue weighted by Crippen LogP contribution is 2.36. The number of piperidine rings is 1. The largest absolute Gasteiger partial charge is 0.368 e. The number of nitrogens with one attached hydrogen (secondary N) is 2. The van der Waals surface area contributed by atoms with E-state index in [0.717, 1.165) is 11.3 Å². The average Bonchev–Trinajstić information content (AvgIpc) is 3.33. The van der Waals surface area contributed by atoms with Crippen LogP contribution in [-0.4, -0.2) is 62.5 Å². The van der Waals surface area contributed by atoms with Crippen LogP contribution in [0, 0.1) is 0 Å². The first-order valence-corrected chi connectivity index (χ1v) is 13.8. The molecular weight excluding hydrogens is 551 g/mol. The fourth-order valence-corrected chi connectivity index (χ4v) is 5.44. The van der Waals surface area contributed by atoms with Gasteiger partial charge in [0.2, 0.25) is 11.8 Å². The zero-order valence-corrected chi connectivity index (χ0v) is 23.7. The smallest absolute Gasteiger partial charge is 0.241 e. The molecule has 0 bridgehead atoms. The Hall–Kier alpha value is -3.73. The van der Waals surface area contributed by atoms with Gasteiger partial charge in [-0.1, -0.05) is 42.3 Å². The first kappa shape index (κ1) is 27.8. The standard InChI is InChI=1S/C28H30Cl2N8O2/c1-3-34-28(27(40)35-17(2)23(31)39)12-14-37(15-13-28)25-22-26(33-16-32-25)38(19-10-8-18(29)9-11-19)24(36-22)20-6-4-5-7-21(20)30/h4-11,16-17,34H,3,12-15H2,1-2H3,(H2,31,39)(H,35,40). The minimum atomic E-state index is -0.827. The van der Waals surface area contributed by atoms with E-state index in [1.54, 1.807) is 6.92 Å². The Morgan fingerprint density at radius 1 is 1.07 bits per heavy atom. The minimum absolute atomic E-state index is 0.235. The molecule has 0 radical (unpaired) electrons. The van der Waals surface area contributed by atoms with Crippen molar-refractivity contribution in [2.24, 2.45) is 5.73 Å². The predicted octanol–water partition coefficient (Wildman–Crippen LogP) is 3.73. The van der Waals surface area contributed by atoms with Crippen molar-refractivity contribution in [3.63, 3.8) is 0 Å². The van der Waals surface area contributed by atoms with Gasteiger partial charge in [-0.15, -0.1) is 0 Å². The minimum Gasteiger partial charge on any atom is -0.368 e. The van der Waals surface area contributed by atoms with Crippen molar-refractivity contribution in [2.75, 3.05) is 24.5 Å². The lowest BCUT2D eigenvalue weighted by atomic mass is 9.86. The molecule has 3 heterocycles. The van der Waals surface area contributed by atoms with Crippen molar-refractivity contribution in [2.45, 2.75) is 38.3 Å². The van der Waals surface area contributed by atoms with Gasteiger partial charge in [0.05, 0.1) is 5.02 Å². The molecule has 1 aliphatic rings. The molecule has 10 nitrogen and oxygen atoms in total. The summed E-state index contributed by atoms with van der Waals surface area (Å²) >= 11 is 12.8. The van der Waals surface area contributed by atoms with Gasteiger partial charge in [-0.25, -0.2) is 15.0 Å². The Bertz CT molecular complexity index is 1550. The van der Waals surface area contributed by atoms with Crippen LogP contribution in [0.25, 0.3) is 28.2 Å². The summed E-state index contributed by atoms with van der Waals surface area (Å²) in [7, 11) is 0. The fraction of sp³-hybridized carbons (Fsp3) is 0.321. The zero-order chi connectivity index (χ0) is 28.4. The number of fused-ring (bicyclic) bond motifs is 1. The molecule has 40 heavy (non-hydrogen) atoms. The summed E-state index contributed by atoms with van der Waals surface area (Å²) in [6.45, 7) is 5.20. The van der Waals surface area contributed by atoms with Gasteiger partial charge in [0.1, 0.15) is 23.7 Å². The molecule has 1 unspecified atom stereocenters. The maximum Gasteiger partial charge on any atom is 0.241 e. The molecule has 4 aromatic rings. The number of rotatable bonds is 8. The number of benzene rings is 2. The topological polar surface area (TPSA) is 131 Å². The van der Waals surface area contributed by atoms with Crippen LogP contribution >= 0.6 is 23.2 Å². The molecule has 1 atom stereocenters. The SMILES string of the molecule is CCNC1(C(=O)NC(C)C(N)=O)CCN(c2ncnc3c2nc(-c2ccccc2Cl)n3-c2ccc(Cl)cc2)CC1. The monoisotopic (exact) mass is 580 g/mol. The van der Waals surface area contributed by atoms with Crippen LogP contribution in [0.2, 0.25) is 10.0 Å². The molecular formula is C28H30Cl2N8O2. The highest BCUT2D eigenvalue weighted by Gasteiger charge is 2.42. The molecule has 208 valence electrons. The number of nitrogens with zero attached hydrogens (tertiary/aromatic N) is 5. The van der Waals surface area contributed by atoms with Crippen LogP contribution in [0.1, 0.15) is 26.7 Å². The van der Waals surface area contributed by atoms with Crippen LogP contribution < -0.4 is 21.3 Å². The van der Waals surface area contributed by atoms with Crippen molar-refractivity contribution in [1.82, 2.24) is 30.2 Å². The number of primary amides is 1. The second kappa shape index (κ2) is 11.4. The first-order valence-electron chi connectivity index (χ1n) is 13.1. The zero-order valence-electron chi connectivity index (χ0n) is 22.2. The van der Waals surface area contributed by atoms with E-state index >= 15 is 0 Å². The van der Waals surface area contributed by atoms with E-state index in [2.05, 4.69) is 25.5 Å². The summed E-state index contributed by atoms with van der Waals surface area (Å²) in [5.74, 6) is 0.484. The molecule has 4 N–H and O–H groups in total. The number of hydrogen-bond donors (Lipinski definition) is 3. The van der Waals surface area contributed by atoms with E-state index in [1.807, 2.05) is 60.0 Å². The molecule has 2 aromatic carbocycles. The molecule has 12 heteroatoms. The molecule has 2 aromatic heterocycles. The van der Waals surface area contributed by atoms with E-state index in [9.17, 15) is 9.59 Å². The maximum absolute atomic E-state index is 13.2. The van der Waals surface area contributed by atoms with Gasteiger partial charge in [0.25, 0.3) is 0 Å². The first-order chi connectivity index (χ1) is 19.2. The van der Waals surface area contributed by atoms with Crippen molar-refractivity contribution in [3.8, 4) is 17.1 Å². The number of hydrogen-bond acceptors (Lipinski definition) is 7.